The lowest BCUT2D eigenvalue weighted by Gasteiger charge is -2.44. The Morgan fingerprint density at radius 2 is 0.864 bits per heavy atom. The van der Waals surface area contributed by atoms with Crippen LogP contribution in [-0.4, -0.2) is 5.67 Å². The van der Waals surface area contributed by atoms with Crippen molar-refractivity contribution in [3.8, 4) is 0 Å². The zero-order valence-corrected chi connectivity index (χ0v) is 17.4. The molecule has 0 aromatic rings. The lowest BCUT2D eigenvalue weighted by molar-refractivity contribution is 0.0243. The smallest absolute Gasteiger partial charge is 0.108 e. The van der Waals surface area contributed by atoms with Gasteiger partial charge in [0.2, 0.25) is 0 Å². The van der Waals surface area contributed by atoms with E-state index in [9.17, 15) is 4.39 Å². The summed E-state index contributed by atoms with van der Waals surface area (Å²) in [7, 11) is 0. The Kier molecular flexibility index (Phi) is 7.64. The van der Waals surface area contributed by atoms with Crippen molar-refractivity contribution in [2.45, 2.75) is 88.8 Å². The first kappa shape index (κ1) is 21.9. The monoisotopic (exact) mass is 314 g/mol. The Hall–Kier alpha value is -0.0700. The Balaban J connectivity index is 5.06. The van der Waals surface area contributed by atoms with E-state index in [2.05, 4.69) is 69.2 Å². The summed E-state index contributed by atoms with van der Waals surface area (Å²) in [6.07, 6.45) is 0. The standard InChI is InChI=1S/C21H43F/c1-13(2)20(9,10)18(7)16(5)14(3)15(4)17(6)19(8)21(11,12)22/h13-19H,1-12H3. The summed E-state index contributed by atoms with van der Waals surface area (Å²) in [5.41, 5.74) is -0.763. The average Bonchev–Trinajstić information content (AvgIpc) is 2.40. The van der Waals surface area contributed by atoms with Crippen molar-refractivity contribution in [1.82, 2.24) is 0 Å². The first-order valence-corrected chi connectivity index (χ1v) is 9.34. The van der Waals surface area contributed by atoms with Crippen LogP contribution in [0.3, 0.4) is 0 Å². The van der Waals surface area contributed by atoms with Gasteiger partial charge in [-0.2, -0.15) is 0 Å². The highest BCUT2D eigenvalue weighted by atomic mass is 19.1. The van der Waals surface area contributed by atoms with Crippen LogP contribution in [0.5, 0.6) is 0 Å². The summed E-state index contributed by atoms with van der Waals surface area (Å²) in [6, 6.07) is 0. The molecule has 6 unspecified atom stereocenters. The highest BCUT2D eigenvalue weighted by Crippen LogP contribution is 2.45. The summed E-state index contributed by atoms with van der Waals surface area (Å²) in [4.78, 5) is 0. The average molecular weight is 315 g/mol. The maximum Gasteiger partial charge on any atom is 0.108 e. The molecule has 0 aliphatic heterocycles. The van der Waals surface area contributed by atoms with Crippen LogP contribution in [0.1, 0.15) is 83.1 Å². The van der Waals surface area contributed by atoms with E-state index in [1.54, 1.807) is 13.8 Å². The van der Waals surface area contributed by atoms with Gasteiger partial charge >= 0.3 is 0 Å². The predicted octanol–water partition coefficient (Wildman–Crippen LogP) is 7.23. The molecule has 134 valence electrons. The largest absolute Gasteiger partial charge is 0.244 e. The van der Waals surface area contributed by atoms with E-state index in [-0.39, 0.29) is 5.92 Å². The van der Waals surface area contributed by atoms with Crippen LogP contribution in [0.4, 0.5) is 4.39 Å². The molecule has 0 aromatic carbocycles. The van der Waals surface area contributed by atoms with E-state index in [4.69, 9.17) is 0 Å². The van der Waals surface area contributed by atoms with Crippen molar-refractivity contribution < 1.29 is 4.39 Å². The van der Waals surface area contributed by atoms with E-state index in [1.807, 2.05) is 0 Å². The van der Waals surface area contributed by atoms with Crippen LogP contribution < -0.4 is 0 Å². The van der Waals surface area contributed by atoms with Gasteiger partial charge in [0, 0.05) is 0 Å². The Bertz CT molecular complexity index is 323. The van der Waals surface area contributed by atoms with Gasteiger partial charge in [-0.1, -0.05) is 69.2 Å². The summed E-state index contributed by atoms with van der Waals surface area (Å²) in [5.74, 6) is 3.60. The molecule has 0 fully saturated rings. The van der Waals surface area contributed by atoms with Gasteiger partial charge in [0.25, 0.3) is 0 Å². The lowest BCUT2D eigenvalue weighted by atomic mass is 9.61. The Labute approximate surface area is 140 Å². The number of hydrogen-bond donors (Lipinski definition) is 0. The molecule has 0 aliphatic rings. The van der Waals surface area contributed by atoms with Gasteiger partial charge in [0.1, 0.15) is 5.67 Å². The second kappa shape index (κ2) is 7.67. The molecule has 0 saturated carbocycles. The molecule has 0 heterocycles. The molecule has 0 saturated heterocycles. The van der Waals surface area contributed by atoms with Gasteiger partial charge < -0.3 is 0 Å². The minimum Gasteiger partial charge on any atom is -0.244 e. The molecule has 0 spiro atoms. The molecule has 1 heteroatoms. The first-order valence-electron chi connectivity index (χ1n) is 9.34. The van der Waals surface area contributed by atoms with Gasteiger partial charge in [-0.3, -0.25) is 0 Å². The van der Waals surface area contributed by atoms with Crippen molar-refractivity contribution >= 4 is 0 Å². The minimum absolute atomic E-state index is 0.0885. The van der Waals surface area contributed by atoms with E-state index in [0.29, 0.717) is 40.9 Å². The van der Waals surface area contributed by atoms with Gasteiger partial charge in [0.05, 0.1) is 0 Å². The number of hydrogen-bond acceptors (Lipinski definition) is 0. The third kappa shape index (κ3) is 4.96. The number of halogens is 1. The molecule has 0 amide bonds. The molecule has 6 atom stereocenters. The van der Waals surface area contributed by atoms with Crippen LogP contribution in [0.25, 0.3) is 0 Å². The fraction of sp³-hybridized carbons (Fsp3) is 1.00. The molecular formula is C21H43F. The molecule has 0 aromatic heterocycles. The zero-order chi connectivity index (χ0) is 18.0. The van der Waals surface area contributed by atoms with Crippen LogP contribution in [0.2, 0.25) is 0 Å². The zero-order valence-electron chi connectivity index (χ0n) is 17.4. The maximum absolute atomic E-state index is 14.3. The predicted molar refractivity (Wildman–Crippen MR) is 98.8 cm³/mol. The SMILES string of the molecule is CC(C(C)C(C)C(C)C(C)(C)C(C)C)C(C)C(C)C(C)(C)F. The van der Waals surface area contributed by atoms with Crippen molar-refractivity contribution in [1.29, 1.82) is 0 Å². The van der Waals surface area contributed by atoms with E-state index < -0.39 is 5.67 Å². The second-order valence-corrected chi connectivity index (χ2v) is 9.55. The molecule has 22 heavy (non-hydrogen) atoms. The van der Waals surface area contributed by atoms with Crippen molar-refractivity contribution in [3.63, 3.8) is 0 Å². The molecule has 0 N–H and O–H groups in total. The summed E-state index contributed by atoms with van der Waals surface area (Å²) in [5, 5.41) is 0. The molecule has 0 rings (SSSR count). The van der Waals surface area contributed by atoms with Crippen molar-refractivity contribution in [3.05, 3.63) is 0 Å². The fourth-order valence-electron chi connectivity index (χ4n) is 3.70. The van der Waals surface area contributed by atoms with Crippen LogP contribution in [-0.2, 0) is 0 Å². The third-order valence-electron chi connectivity index (χ3n) is 7.81. The summed E-state index contributed by atoms with van der Waals surface area (Å²) >= 11 is 0. The van der Waals surface area contributed by atoms with Crippen LogP contribution in [0, 0.1) is 46.8 Å². The Morgan fingerprint density at radius 3 is 1.14 bits per heavy atom. The highest BCUT2D eigenvalue weighted by Gasteiger charge is 2.39. The summed E-state index contributed by atoms with van der Waals surface area (Å²) < 4.78 is 14.3. The van der Waals surface area contributed by atoms with Gasteiger partial charge in [-0.15, -0.1) is 0 Å². The molecule has 0 aliphatic carbocycles. The third-order valence-corrected chi connectivity index (χ3v) is 7.81. The van der Waals surface area contributed by atoms with Crippen LogP contribution in [0.15, 0.2) is 0 Å². The van der Waals surface area contributed by atoms with Gasteiger partial charge in [-0.05, 0) is 60.7 Å². The number of rotatable bonds is 8. The summed E-state index contributed by atoms with van der Waals surface area (Å²) in [6.45, 7) is 26.7. The highest BCUT2D eigenvalue weighted by molar-refractivity contribution is 4.88. The van der Waals surface area contributed by atoms with E-state index in [0.717, 1.165) is 0 Å². The molecule has 0 bridgehead atoms. The second-order valence-electron chi connectivity index (χ2n) is 9.55. The Morgan fingerprint density at radius 1 is 0.545 bits per heavy atom. The van der Waals surface area contributed by atoms with E-state index in [1.165, 1.54) is 0 Å². The molecule has 0 radical (unpaired) electrons. The molecule has 0 nitrogen and oxygen atoms in total. The van der Waals surface area contributed by atoms with Crippen molar-refractivity contribution in [2.24, 2.45) is 46.8 Å². The minimum atomic E-state index is -1.10. The van der Waals surface area contributed by atoms with Crippen LogP contribution >= 0.6 is 0 Å². The number of alkyl halides is 1. The first-order chi connectivity index (χ1) is 9.65. The topological polar surface area (TPSA) is 0 Å². The van der Waals surface area contributed by atoms with Gasteiger partial charge in [0.15, 0.2) is 0 Å². The van der Waals surface area contributed by atoms with E-state index >= 15 is 0 Å². The van der Waals surface area contributed by atoms with Crippen molar-refractivity contribution in [2.75, 3.05) is 0 Å². The normalized spacial score (nSPS) is 22.1. The maximum atomic E-state index is 14.3. The fourth-order valence-corrected chi connectivity index (χ4v) is 3.70. The quantitative estimate of drug-likeness (QED) is 0.443. The molecular weight excluding hydrogens is 271 g/mol. The van der Waals surface area contributed by atoms with Gasteiger partial charge in [-0.25, -0.2) is 4.39 Å². The lowest BCUT2D eigenvalue weighted by Crippen LogP contribution is -2.39.